The fraction of sp³-hybridized carbons (Fsp3) is 0.800. The van der Waals surface area contributed by atoms with Crippen LogP contribution in [0.5, 0.6) is 0 Å². The lowest BCUT2D eigenvalue weighted by Gasteiger charge is -2.25. The molecule has 0 heterocycles. The summed E-state index contributed by atoms with van der Waals surface area (Å²) in [5.74, 6) is -1.19. The number of hydrogen-bond acceptors (Lipinski definition) is 4. The molecule has 1 atom stereocenters. The van der Waals surface area contributed by atoms with E-state index in [1.165, 1.54) is 0 Å². The van der Waals surface area contributed by atoms with Crippen LogP contribution in [0.4, 0.5) is 0 Å². The number of carbonyl (C=O) groups is 2. The van der Waals surface area contributed by atoms with Crippen molar-refractivity contribution in [3.8, 4) is 0 Å². The van der Waals surface area contributed by atoms with E-state index in [-0.39, 0.29) is 12.1 Å². The first-order valence-corrected chi connectivity index (χ1v) is 5.08. The van der Waals surface area contributed by atoms with Gasteiger partial charge in [0.05, 0.1) is 6.61 Å². The Bertz CT molecular complexity index is 239. The third kappa shape index (κ3) is 4.78. The number of carbonyl (C=O) groups excluding carboxylic acids is 2. The summed E-state index contributed by atoms with van der Waals surface area (Å²) in [6.45, 7) is 7.55. The van der Waals surface area contributed by atoms with E-state index in [1.54, 1.807) is 6.92 Å². The average molecular weight is 216 g/mol. The van der Waals surface area contributed by atoms with Crippen LogP contribution in [0.3, 0.4) is 0 Å². The summed E-state index contributed by atoms with van der Waals surface area (Å²) >= 11 is 0. The highest BCUT2D eigenvalue weighted by molar-refractivity contribution is 6.01. The maximum Gasteiger partial charge on any atom is 0.332 e. The van der Waals surface area contributed by atoms with Crippen molar-refractivity contribution in [1.29, 1.82) is 0 Å². The van der Waals surface area contributed by atoms with E-state index < -0.39 is 17.9 Å². The molecule has 0 aromatic rings. The molecule has 0 spiro atoms. The maximum atomic E-state index is 11.5. The van der Waals surface area contributed by atoms with E-state index >= 15 is 0 Å². The van der Waals surface area contributed by atoms with Crippen molar-refractivity contribution >= 4 is 11.9 Å². The minimum absolute atomic E-state index is 0.219. The molecule has 0 aliphatic carbocycles. The van der Waals surface area contributed by atoms with Crippen molar-refractivity contribution in [1.82, 2.24) is 5.32 Å². The Hall–Kier alpha value is -1.10. The zero-order valence-corrected chi connectivity index (χ0v) is 9.79. The highest BCUT2D eigenvalue weighted by atomic mass is 16.5. The van der Waals surface area contributed by atoms with E-state index in [2.05, 4.69) is 10.1 Å². The van der Waals surface area contributed by atoms with Crippen LogP contribution >= 0.6 is 0 Å². The van der Waals surface area contributed by atoms with Crippen molar-refractivity contribution < 1.29 is 14.3 Å². The fourth-order valence-corrected chi connectivity index (χ4v) is 0.839. The lowest BCUT2D eigenvalue weighted by Crippen LogP contribution is -2.53. The molecule has 5 heteroatoms. The minimum Gasteiger partial charge on any atom is -0.464 e. The second-order valence-corrected chi connectivity index (χ2v) is 3.96. The van der Waals surface area contributed by atoms with Gasteiger partial charge in [-0.3, -0.25) is 4.79 Å². The van der Waals surface area contributed by atoms with E-state index in [0.717, 1.165) is 6.42 Å². The van der Waals surface area contributed by atoms with Gasteiger partial charge in [0.15, 0.2) is 6.04 Å². The molecule has 0 saturated heterocycles. The molecule has 88 valence electrons. The van der Waals surface area contributed by atoms with Crippen molar-refractivity contribution in [2.75, 3.05) is 6.61 Å². The predicted molar refractivity (Wildman–Crippen MR) is 57.1 cm³/mol. The number of hydrogen-bond donors (Lipinski definition) is 2. The first-order valence-electron chi connectivity index (χ1n) is 5.08. The van der Waals surface area contributed by atoms with Crippen LogP contribution in [0.2, 0.25) is 0 Å². The van der Waals surface area contributed by atoms with Gasteiger partial charge in [0, 0.05) is 5.54 Å². The molecule has 0 aromatic carbocycles. The number of esters is 1. The first-order chi connectivity index (χ1) is 6.84. The first kappa shape index (κ1) is 13.9. The Morgan fingerprint density at radius 2 is 1.93 bits per heavy atom. The lowest BCUT2D eigenvalue weighted by atomic mass is 10.0. The quantitative estimate of drug-likeness (QED) is 0.507. The largest absolute Gasteiger partial charge is 0.464 e. The predicted octanol–water partition coefficient (Wildman–Crippen LogP) is 0.182. The molecule has 0 bridgehead atoms. The maximum absolute atomic E-state index is 11.5. The smallest absolute Gasteiger partial charge is 0.332 e. The van der Waals surface area contributed by atoms with Gasteiger partial charge in [-0.05, 0) is 27.2 Å². The zero-order valence-electron chi connectivity index (χ0n) is 9.79. The summed E-state index contributed by atoms with van der Waals surface area (Å²) < 4.78 is 4.65. The molecule has 0 aromatic heterocycles. The second-order valence-electron chi connectivity index (χ2n) is 3.96. The van der Waals surface area contributed by atoms with Gasteiger partial charge < -0.3 is 15.8 Å². The lowest BCUT2D eigenvalue weighted by molar-refractivity contribution is -0.148. The zero-order chi connectivity index (χ0) is 12.1. The molecule has 0 rings (SSSR count). The summed E-state index contributed by atoms with van der Waals surface area (Å²) in [6, 6.07) is -1.24. The van der Waals surface area contributed by atoms with Crippen LogP contribution < -0.4 is 11.1 Å². The molecule has 5 nitrogen and oxygen atoms in total. The van der Waals surface area contributed by atoms with E-state index in [9.17, 15) is 9.59 Å². The third-order valence-electron chi connectivity index (χ3n) is 2.17. The van der Waals surface area contributed by atoms with Crippen molar-refractivity contribution in [3.63, 3.8) is 0 Å². The molecular weight excluding hydrogens is 196 g/mol. The normalized spacial score (nSPS) is 13.1. The number of nitrogens with one attached hydrogen (secondary N) is 1. The molecule has 1 unspecified atom stereocenters. The van der Waals surface area contributed by atoms with Gasteiger partial charge >= 0.3 is 5.97 Å². The standard InChI is InChI=1S/C10H20N2O3/c1-5-10(3,4)12-8(13)7(11)9(14)15-6-2/h7H,5-6,11H2,1-4H3,(H,12,13). The SMILES string of the molecule is CCOC(=O)C(N)C(=O)NC(C)(C)CC. The van der Waals surface area contributed by atoms with Crippen LogP contribution in [-0.2, 0) is 14.3 Å². The molecule has 15 heavy (non-hydrogen) atoms. The van der Waals surface area contributed by atoms with Gasteiger partial charge in [0.2, 0.25) is 5.91 Å². The highest BCUT2D eigenvalue weighted by Crippen LogP contribution is 2.06. The molecule has 0 aliphatic rings. The molecule has 1 amide bonds. The summed E-state index contributed by atoms with van der Waals surface area (Å²) in [5.41, 5.74) is 5.06. The molecule has 0 fully saturated rings. The van der Waals surface area contributed by atoms with Crippen LogP contribution in [0.25, 0.3) is 0 Å². The van der Waals surface area contributed by atoms with Crippen LogP contribution in [-0.4, -0.2) is 30.1 Å². The Labute approximate surface area is 90.4 Å². The molecule has 0 aliphatic heterocycles. The molecule has 0 saturated carbocycles. The summed E-state index contributed by atoms with van der Waals surface area (Å²) in [6.07, 6.45) is 0.758. The molecular formula is C10H20N2O3. The van der Waals surface area contributed by atoms with Crippen molar-refractivity contribution in [2.45, 2.75) is 45.7 Å². The van der Waals surface area contributed by atoms with Gasteiger partial charge in [-0.15, -0.1) is 0 Å². The van der Waals surface area contributed by atoms with Crippen LogP contribution in [0.15, 0.2) is 0 Å². The van der Waals surface area contributed by atoms with Gasteiger partial charge in [0.1, 0.15) is 0 Å². The molecule has 3 N–H and O–H groups in total. The van der Waals surface area contributed by atoms with Gasteiger partial charge in [0.25, 0.3) is 0 Å². The Morgan fingerprint density at radius 1 is 1.40 bits per heavy atom. The Morgan fingerprint density at radius 3 is 2.33 bits per heavy atom. The van der Waals surface area contributed by atoms with Gasteiger partial charge in [-0.25, -0.2) is 4.79 Å². The monoisotopic (exact) mass is 216 g/mol. The van der Waals surface area contributed by atoms with E-state index in [4.69, 9.17) is 5.73 Å². The summed E-state index contributed by atoms with van der Waals surface area (Å²) in [5, 5.41) is 2.68. The van der Waals surface area contributed by atoms with Gasteiger partial charge in [-0.1, -0.05) is 6.92 Å². The van der Waals surface area contributed by atoms with E-state index in [0.29, 0.717) is 0 Å². The molecule has 0 radical (unpaired) electrons. The van der Waals surface area contributed by atoms with Crippen molar-refractivity contribution in [2.24, 2.45) is 5.73 Å². The van der Waals surface area contributed by atoms with Crippen LogP contribution in [0.1, 0.15) is 34.1 Å². The Kier molecular flexibility index (Phi) is 5.28. The summed E-state index contributed by atoms with van der Waals surface area (Å²) in [7, 11) is 0. The number of rotatable bonds is 5. The topological polar surface area (TPSA) is 81.4 Å². The second kappa shape index (κ2) is 5.70. The fourth-order valence-electron chi connectivity index (χ4n) is 0.839. The van der Waals surface area contributed by atoms with Crippen LogP contribution in [0, 0.1) is 0 Å². The number of nitrogens with two attached hydrogens (primary N) is 1. The third-order valence-corrected chi connectivity index (χ3v) is 2.17. The van der Waals surface area contributed by atoms with E-state index in [1.807, 2.05) is 20.8 Å². The highest BCUT2D eigenvalue weighted by Gasteiger charge is 2.27. The van der Waals surface area contributed by atoms with Crippen molar-refractivity contribution in [3.05, 3.63) is 0 Å². The number of amides is 1. The minimum atomic E-state index is -1.24. The summed E-state index contributed by atoms with van der Waals surface area (Å²) in [4.78, 5) is 22.6. The Balaban J connectivity index is 4.27. The van der Waals surface area contributed by atoms with Gasteiger partial charge in [-0.2, -0.15) is 0 Å². The number of ether oxygens (including phenoxy) is 1. The average Bonchev–Trinajstić information content (AvgIpc) is 2.16.